The second kappa shape index (κ2) is 8.84. The SMILES string of the molecule is [B][C@H]1C[C@@H](OCSSC(C)(C)CNC(=O)C(F)(F)F)C(CO)O1. The zero-order valence-corrected chi connectivity index (χ0v) is 14.4. The van der Waals surface area contributed by atoms with E-state index in [1.165, 1.54) is 21.6 Å². The summed E-state index contributed by atoms with van der Waals surface area (Å²) < 4.78 is 46.6. The van der Waals surface area contributed by atoms with Crippen LogP contribution in [0, 0.1) is 0 Å². The topological polar surface area (TPSA) is 67.8 Å². The first-order chi connectivity index (χ1) is 10.5. The van der Waals surface area contributed by atoms with Gasteiger partial charge in [-0.3, -0.25) is 4.79 Å². The molecule has 0 bridgehead atoms. The van der Waals surface area contributed by atoms with E-state index < -0.39 is 28.9 Å². The lowest BCUT2D eigenvalue weighted by molar-refractivity contribution is -0.173. The van der Waals surface area contributed by atoms with Gasteiger partial charge in [0.15, 0.2) is 0 Å². The van der Waals surface area contributed by atoms with Crippen molar-refractivity contribution in [3.8, 4) is 0 Å². The Kier molecular flexibility index (Phi) is 8.05. The minimum absolute atomic E-state index is 0.125. The molecule has 0 aliphatic carbocycles. The molecular formula is C12H19BF3NO4S2. The molecule has 0 aromatic carbocycles. The van der Waals surface area contributed by atoms with Gasteiger partial charge in [0.05, 0.1) is 12.7 Å². The van der Waals surface area contributed by atoms with Crippen LogP contribution in [0.1, 0.15) is 20.3 Å². The van der Waals surface area contributed by atoms with Gasteiger partial charge < -0.3 is 19.9 Å². The third-order valence-electron chi connectivity index (χ3n) is 2.96. The minimum atomic E-state index is -4.88. The number of halogens is 3. The van der Waals surface area contributed by atoms with Crippen molar-refractivity contribution < 1.29 is 32.5 Å². The normalized spacial score (nSPS) is 25.6. The molecule has 0 saturated carbocycles. The number of ether oxygens (including phenoxy) is 2. The molecule has 0 spiro atoms. The van der Waals surface area contributed by atoms with Crippen LogP contribution < -0.4 is 5.32 Å². The maximum Gasteiger partial charge on any atom is 0.471 e. The summed E-state index contributed by atoms with van der Waals surface area (Å²) in [6.45, 7) is 3.11. The van der Waals surface area contributed by atoms with E-state index in [1.807, 2.05) is 5.32 Å². The van der Waals surface area contributed by atoms with E-state index in [0.29, 0.717) is 6.42 Å². The van der Waals surface area contributed by atoms with E-state index in [2.05, 4.69) is 0 Å². The number of aliphatic hydroxyl groups is 1. The molecule has 2 N–H and O–H groups in total. The largest absolute Gasteiger partial charge is 0.471 e. The maximum absolute atomic E-state index is 12.1. The summed E-state index contributed by atoms with van der Waals surface area (Å²) in [4.78, 5) is 10.8. The molecular weight excluding hydrogens is 354 g/mol. The number of carbonyl (C=O) groups is 1. The second-order valence-corrected chi connectivity index (χ2v) is 8.55. The van der Waals surface area contributed by atoms with Crippen LogP contribution in [-0.4, -0.2) is 67.1 Å². The fourth-order valence-electron chi connectivity index (χ4n) is 1.81. The minimum Gasteiger partial charge on any atom is -0.394 e. The predicted octanol–water partition coefficient (Wildman–Crippen LogP) is 1.44. The van der Waals surface area contributed by atoms with Crippen LogP contribution in [-0.2, 0) is 14.3 Å². The van der Waals surface area contributed by atoms with Gasteiger partial charge in [-0.15, -0.1) is 0 Å². The first-order valence-electron chi connectivity index (χ1n) is 6.84. The predicted molar refractivity (Wildman–Crippen MR) is 84.2 cm³/mol. The summed E-state index contributed by atoms with van der Waals surface area (Å²) in [6, 6.07) is -0.469. The molecule has 0 aromatic rings. The Morgan fingerprint density at radius 3 is 2.70 bits per heavy atom. The molecule has 2 radical (unpaired) electrons. The fraction of sp³-hybridized carbons (Fsp3) is 0.917. The third kappa shape index (κ3) is 7.55. The number of hydrogen-bond acceptors (Lipinski definition) is 6. The number of aliphatic hydroxyl groups excluding tert-OH is 1. The number of alkyl halides is 3. The van der Waals surface area contributed by atoms with Crippen molar-refractivity contribution in [2.75, 3.05) is 19.1 Å². The molecule has 1 fully saturated rings. The van der Waals surface area contributed by atoms with Crippen molar-refractivity contribution in [2.24, 2.45) is 0 Å². The highest BCUT2D eigenvalue weighted by molar-refractivity contribution is 8.77. The molecule has 5 nitrogen and oxygen atoms in total. The summed E-state index contributed by atoms with van der Waals surface area (Å²) in [6.07, 6.45) is -5.18. The summed E-state index contributed by atoms with van der Waals surface area (Å²) in [5.41, 5.74) is 0. The number of hydrogen-bond donors (Lipinski definition) is 2. The van der Waals surface area contributed by atoms with Gasteiger partial charge >= 0.3 is 12.1 Å². The highest BCUT2D eigenvalue weighted by atomic mass is 33.1. The smallest absolute Gasteiger partial charge is 0.394 e. The van der Waals surface area contributed by atoms with Crippen molar-refractivity contribution >= 4 is 35.3 Å². The zero-order chi connectivity index (χ0) is 17.7. The molecule has 1 aliphatic heterocycles. The molecule has 0 aromatic heterocycles. The van der Waals surface area contributed by atoms with Crippen molar-refractivity contribution in [2.45, 2.75) is 49.4 Å². The van der Waals surface area contributed by atoms with Crippen LogP contribution in [0.25, 0.3) is 0 Å². The third-order valence-corrected chi connectivity index (χ3v) is 5.90. The quantitative estimate of drug-likeness (QED) is 0.291. The van der Waals surface area contributed by atoms with Gasteiger partial charge in [-0.25, -0.2) is 0 Å². The Morgan fingerprint density at radius 1 is 1.48 bits per heavy atom. The van der Waals surface area contributed by atoms with Crippen molar-refractivity contribution in [1.29, 1.82) is 0 Å². The Labute approximate surface area is 142 Å². The standard InChI is InChI=1S/C12H19BF3NO4S2/c1-11(2,5-17-10(19)12(14,15)16)23-22-6-20-7-3-9(13)21-8(7)4-18/h7-9,18H,3-6H2,1-2H3,(H,17,19)/t7-,8?,9-/m1/s1. The van der Waals surface area contributed by atoms with Crippen LogP contribution in [0.3, 0.4) is 0 Å². The molecule has 1 amide bonds. The van der Waals surface area contributed by atoms with Crippen LogP contribution >= 0.6 is 21.6 Å². The molecule has 1 heterocycles. The highest BCUT2D eigenvalue weighted by Crippen LogP contribution is 2.36. The summed E-state index contributed by atoms with van der Waals surface area (Å²) in [5.74, 6) is -1.69. The van der Waals surface area contributed by atoms with Gasteiger partial charge in [0.25, 0.3) is 0 Å². The summed E-state index contributed by atoms with van der Waals surface area (Å²) in [5, 5.41) is 11.0. The Hall–Kier alpha value is -0.0951. The van der Waals surface area contributed by atoms with Crippen molar-refractivity contribution in [3.05, 3.63) is 0 Å². The first kappa shape index (κ1) is 20.9. The van der Waals surface area contributed by atoms with Crippen LogP contribution in [0.5, 0.6) is 0 Å². The van der Waals surface area contributed by atoms with Crippen LogP contribution in [0.4, 0.5) is 13.2 Å². The van der Waals surface area contributed by atoms with Crippen molar-refractivity contribution in [1.82, 2.24) is 5.32 Å². The molecule has 1 aliphatic rings. The summed E-state index contributed by atoms with van der Waals surface area (Å²) >= 11 is 0. The van der Waals surface area contributed by atoms with Gasteiger partial charge in [0, 0.05) is 17.3 Å². The van der Waals surface area contributed by atoms with E-state index in [9.17, 15) is 18.0 Å². The Balaban J connectivity index is 2.24. The second-order valence-electron chi connectivity index (χ2n) is 5.60. The van der Waals surface area contributed by atoms with E-state index in [1.54, 1.807) is 13.8 Å². The Bertz CT molecular complexity index is 401. The molecule has 1 rings (SSSR count). The highest BCUT2D eigenvalue weighted by Gasteiger charge is 2.39. The summed E-state index contributed by atoms with van der Waals surface area (Å²) in [7, 11) is 8.21. The average molecular weight is 373 g/mol. The molecule has 1 saturated heterocycles. The molecule has 132 valence electrons. The number of amides is 1. The lowest BCUT2D eigenvalue weighted by atomic mass is 9.96. The molecule has 23 heavy (non-hydrogen) atoms. The fourth-order valence-corrected chi connectivity index (χ4v) is 3.98. The van der Waals surface area contributed by atoms with Gasteiger partial charge in [-0.2, -0.15) is 13.2 Å². The number of carbonyl (C=O) groups excluding carboxylic acids is 1. The van der Waals surface area contributed by atoms with E-state index in [4.69, 9.17) is 22.4 Å². The van der Waals surface area contributed by atoms with E-state index in [0.717, 1.165) is 0 Å². The van der Waals surface area contributed by atoms with Crippen LogP contribution in [0.2, 0.25) is 0 Å². The van der Waals surface area contributed by atoms with Gasteiger partial charge in [-0.05, 0) is 20.3 Å². The lowest BCUT2D eigenvalue weighted by Crippen LogP contribution is -2.42. The van der Waals surface area contributed by atoms with Gasteiger partial charge in [0.1, 0.15) is 19.9 Å². The van der Waals surface area contributed by atoms with Crippen molar-refractivity contribution in [3.63, 3.8) is 0 Å². The number of nitrogens with one attached hydrogen (secondary N) is 1. The number of rotatable bonds is 8. The zero-order valence-electron chi connectivity index (χ0n) is 12.8. The van der Waals surface area contributed by atoms with E-state index >= 15 is 0 Å². The molecule has 11 heteroatoms. The molecule has 3 atom stereocenters. The Morgan fingerprint density at radius 2 is 2.13 bits per heavy atom. The monoisotopic (exact) mass is 373 g/mol. The first-order valence-corrected chi connectivity index (χ1v) is 9.16. The van der Waals surface area contributed by atoms with Crippen LogP contribution in [0.15, 0.2) is 0 Å². The van der Waals surface area contributed by atoms with Gasteiger partial charge in [-0.1, -0.05) is 21.6 Å². The van der Waals surface area contributed by atoms with E-state index in [-0.39, 0.29) is 25.2 Å². The van der Waals surface area contributed by atoms with Gasteiger partial charge in [0.2, 0.25) is 0 Å². The maximum atomic E-state index is 12.1. The average Bonchev–Trinajstić information content (AvgIpc) is 2.80. The molecule has 1 unspecified atom stereocenters. The lowest BCUT2D eigenvalue weighted by Gasteiger charge is -2.24.